The highest BCUT2D eigenvalue weighted by Gasteiger charge is 2.29. The van der Waals surface area contributed by atoms with Crippen molar-refractivity contribution in [1.29, 1.82) is 0 Å². The molecular weight excluding hydrogens is 358 g/mol. The number of methoxy groups -OCH3 is 2. The summed E-state index contributed by atoms with van der Waals surface area (Å²) in [4.78, 5) is 19.2. The number of rotatable bonds is 4. The summed E-state index contributed by atoms with van der Waals surface area (Å²) in [6.07, 6.45) is 4.09. The van der Waals surface area contributed by atoms with Gasteiger partial charge in [-0.2, -0.15) is 0 Å². The van der Waals surface area contributed by atoms with Crippen molar-refractivity contribution in [1.82, 2.24) is 15.0 Å². The predicted octanol–water partition coefficient (Wildman–Crippen LogP) is 3.26. The van der Waals surface area contributed by atoms with Crippen molar-refractivity contribution < 1.29 is 18.8 Å². The first-order chi connectivity index (χ1) is 13.6. The largest absolute Gasteiger partial charge is 0.493 e. The molecule has 0 unspecified atom stereocenters. The summed E-state index contributed by atoms with van der Waals surface area (Å²) in [7, 11) is 3.23. The number of pyridine rings is 1. The highest BCUT2D eigenvalue weighted by molar-refractivity contribution is 6.00. The fourth-order valence-corrected chi connectivity index (χ4v) is 3.53. The molecule has 1 aliphatic heterocycles. The van der Waals surface area contributed by atoms with Crippen molar-refractivity contribution in [2.75, 3.05) is 20.8 Å². The Hall–Kier alpha value is -3.35. The predicted molar refractivity (Wildman–Crippen MR) is 102 cm³/mol. The van der Waals surface area contributed by atoms with Crippen LogP contribution in [0.4, 0.5) is 0 Å². The third-order valence-electron chi connectivity index (χ3n) is 5.01. The van der Waals surface area contributed by atoms with E-state index >= 15 is 0 Å². The summed E-state index contributed by atoms with van der Waals surface area (Å²) in [5.74, 6) is 1.72. The van der Waals surface area contributed by atoms with Crippen molar-refractivity contribution in [3.63, 3.8) is 0 Å². The lowest BCUT2D eigenvalue weighted by molar-refractivity contribution is 0.0734. The Balaban J connectivity index is 1.66. The van der Waals surface area contributed by atoms with E-state index in [0.29, 0.717) is 41.6 Å². The maximum atomic E-state index is 13.3. The first kappa shape index (κ1) is 18.0. The Labute approximate surface area is 162 Å². The fourth-order valence-electron chi connectivity index (χ4n) is 3.53. The highest BCUT2D eigenvalue weighted by atomic mass is 16.5. The molecule has 7 heteroatoms. The van der Waals surface area contributed by atoms with Gasteiger partial charge in [0, 0.05) is 31.0 Å². The first-order valence-electron chi connectivity index (χ1n) is 9.02. The Morgan fingerprint density at radius 3 is 2.61 bits per heavy atom. The molecule has 0 saturated carbocycles. The second-order valence-electron chi connectivity index (χ2n) is 6.67. The summed E-state index contributed by atoms with van der Waals surface area (Å²) in [5, 5.41) is 4.02. The van der Waals surface area contributed by atoms with Gasteiger partial charge in [0.2, 0.25) is 0 Å². The molecule has 7 nitrogen and oxygen atoms in total. The molecule has 0 fully saturated rings. The number of hydrogen-bond donors (Lipinski definition) is 0. The molecule has 144 valence electrons. The number of fused-ring (bicyclic) bond motifs is 1. The maximum Gasteiger partial charge on any atom is 0.260 e. The van der Waals surface area contributed by atoms with E-state index in [9.17, 15) is 4.79 Å². The normalized spacial score (nSPS) is 13.2. The van der Waals surface area contributed by atoms with Gasteiger partial charge in [0.05, 0.1) is 19.9 Å². The van der Waals surface area contributed by atoms with Crippen LogP contribution < -0.4 is 9.47 Å². The molecule has 0 bridgehead atoms. The molecule has 1 aliphatic rings. The monoisotopic (exact) mass is 379 g/mol. The van der Waals surface area contributed by atoms with Gasteiger partial charge in [-0.1, -0.05) is 5.16 Å². The van der Waals surface area contributed by atoms with Crippen LogP contribution in [-0.2, 0) is 13.0 Å². The molecule has 0 aliphatic carbocycles. The van der Waals surface area contributed by atoms with E-state index in [-0.39, 0.29) is 5.91 Å². The molecule has 1 aromatic carbocycles. The molecular formula is C21H21N3O4. The average Bonchev–Trinajstić information content (AvgIpc) is 3.13. The minimum atomic E-state index is -0.0990. The minimum Gasteiger partial charge on any atom is -0.493 e. The van der Waals surface area contributed by atoms with Crippen LogP contribution >= 0.6 is 0 Å². The number of ether oxygens (including phenoxy) is 2. The first-order valence-corrected chi connectivity index (χ1v) is 9.02. The lowest BCUT2D eigenvalue weighted by Crippen LogP contribution is -2.36. The molecule has 4 rings (SSSR count). The lowest BCUT2D eigenvalue weighted by Gasteiger charge is -2.29. The van der Waals surface area contributed by atoms with Gasteiger partial charge in [-0.25, -0.2) is 0 Å². The Kier molecular flexibility index (Phi) is 4.73. The van der Waals surface area contributed by atoms with E-state index in [4.69, 9.17) is 14.0 Å². The van der Waals surface area contributed by atoms with E-state index in [1.54, 1.807) is 39.6 Å². The van der Waals surface area contributed by atoms with Gasteiger partial charge in [0.25, 0.3) is 5.91 Å². The van der Waals surface area contributed by atoms with E-state index in [2.05, 4.69) is 10.1 Å². The van der Waals surface area contributed by atoms with Crippen molar-refractivity contribution in [3.8, 4) is 22.8 Å². The number of carbonyl (C=O) groups is 1. The Morgan fingerprint density at radius 2 is 1.93 bits per heavy atom. The van der Waals surface area contributed by atoms with Crippen LogP contribution in [0.1, 0.15) is 27.2 Å². The molecule has 0 saturated heterocycles. The van der Waals surface area contributed by atoms with E-state index in [0.717, 1.165) is 23.1 Å². The van der Waals surface area contributed by atoms with Crippen LogP contribution in [0.3, 0.4) is 0 Å². The number of benzene rings is 1. The number of nitrogens with zero attached hydrogens (tertiary/aromatic N) is 3. The van der Waals surface area contributed by atoms with Crippen LogP contribution in [0.5, 0.6) is 11.5 Å². The van der Waals surface area contributed by atoms with Crippen LogP contribution in [-0.4, -0.2) is 41.7 Å². The molecule has 1 amide bonds. The zero-order valence-electron chi connectivity index (χ0n) is 16.1. The second-order valence-corrected chi connectivity index (χ2v) is 6.67. The number of aryl methyl sites for hydroxylation is 1. The number of hydrogen-bond acceptors (Lipinski definition) is 6. The van der Waals surface area contributed by atoms with Gasteiger partial charge in [-0.15, -0.1) is 0 Å². The minimum absolute atomic E-state index is 0.0990. The molecule has 2 aromatic heterocycles. The van der Waals surface area contributed by atoms with Crippen LogP contribution in [0.25, 0.3) is 11.3 Å². The van der Waals surface area contributed by atoms with Crippen molar-refractivity contribution >= 4 is 5.91 Å². The molecule has 0 radical (unpaired) electrons. The van der Waals surface area contributed by atoms with E-state index < -0.39 is 0 Å². The summed E-state index contributed by atoms with van der Waals surface area (Å²) in [6, 6.07) is 7.59. The van der Waals surface area contributed by atoms with Crippen LogP contribution in [0.15, 0.2) is 41.2 Å². The second kappa shape index (κ2) is 7.34. The number of amides is 1. The van der Waals surface area contributed by atoms with Gasteiger partial charge in [0.1, 0.15) is 5.56 Å². The zero-order valence-corrected chi connectivity index (χ0v) is 16.1. The quantitative estimate of drug-likeness (QED) is 0.692. The van der Waals surface area contributed by atoms with Crippen molar-refractivity contribution in [2.24, 2.45) is 0 Å². The zero-order chi connectivity index (χ0) is 19.7. The molecule has 0 spiro atoms. The molecule has 3 heterocycles. The molecule has 0 N–H and O–H groups in total. The van der Waals surface area contributed by atoms with Crippen molar-refractivity contribution in [2.45, 2.75) is 19.9 Å². The lowest BCUT2D eigenvalue weighted by atomic mass is 9.97. The average molecular weight is 379 g/mol. The third-order valence-corrected chi connectivity index (χ3v) is 5.01. The highest BCUT2D eigenvalue weighted by Crippen LogP contribution is 2.34. The van der Waals surface area contributed by atoms with E-state index in [1.807, 2.05) is 23.1 Å². The van der Waals surface area contributed by atoms with Crippen LogP contribution in [0.2, 0.25) is 0 Å². The third kappa shape index (κ3) is 3.09. The smallest absolute Gasteiger partial charge is 0.260 e. The summed E-state index contributed by atoms with van der Waals surface area (Å²) in [6.45, 7) is 2.88. The maximum absolute atomic E-state index is 13.3. The molecule has 0 atom stereocenters. The Bertz CT molecular complexity index is 1010. The van der Waals surface area contributed by atoms with Gasteiger partial charge in [0.15, 0.2) is 17.3 Å². The van der Waals surface area contributed by atoms with E-state index in [1.165, 1.54) is 0 Å². The fraction of sp³-hybridized carbons (Fsp3) is 0.286. The van der Waals surface area contributed by atoms with Crippen molar-refractivity contribution in [3.05, 3.63) is 59.0 Å². The summed E-state index contributed by atoms with van der Waals surface area (Å²) >= 11 is 0. The van der Waals surface area contributed by atoms with Gasteiger partial charge in [-0.3, -0.25) is 9.78 Å². The number of aromatic nitrogens is 2. The standard InChI is InChI=1S/C21H21N3O4/c1-13-19(20(28-23-13)15-5-4-7-22-11-15)21(25)24-8-6-14-9-17(26-2)18(27-3)10-16(14)12-24/h4-5,7,9-11H,6,8,12H2,1-3H3. The van der Waals surface area contributed by atoms with Gasteiger partial charge < -0.3 is 18.9 Å². The SMILES string of the molecule is COc1cc2c(cc1OC)CN(C(=O)c1c(C)noc1-c1cccnc1)CC2. The van der Waals surface area contributed by atoms with Crippen LogP contribution in [0, 0.1) is 6.92 Å². The molecule has 3 aromatic rings. The van der Waals surface area contributed by atoms with Gasteiger partial charge >= 0.3 is 0 Å². The molecule has 28 heavy (non-hydrogen) atoms. The Morgan fingerprint density at radius 1 is 1.18 bits per heavy atom. The summed E-state index contributed by atoms with van der Waals surface area (Å²) in [5.41, 5.74) is 4.00. The summed E-state index contributed by atoms with van der Waals surface area (Å²) < 4.78 is 16.2. The topological polar surface area (TPSA) is 77.7 Å². The van der Waals surface area contributed by atoms with Gasteiger partial charge in [-0.05, 0) is 48.7 Å². The number of carbonyl (C=O) groups excluding carboxylic acids is 1.